The summed E-state index contributed by atoms with van der Waals surface area (Å²) in [5.41, 5.74) is 1.75. The van der Waals surface area contributed by atoms with Crippen LogP contribution in [0.5, 0.6) is 0 Å². The standard InChI is InChI=1S/C14H16N4O/c19-14(7-11-9-15-10-11)17-12-3-1-4-13(8-12)18-6-2-5-16-18/h1-6,8,11,15H,7,9-10H2,(H,17,19). The van der Waals surface area contributed by atoms with Crippen molar-refractivity contribution in [2.24, 2.45) is 5.92 Å². The molecule has 1 amide bonds. The predicted molar refractivity (Wildman–Crippen MR) is 73.2 cm³/mol. The lowest BCUT2D eigenvalue weighted by Gasteiger charge is -2.26. The van der Waals surface area contributed by atoms with E-state index >= 15 is 0 Å². The van der Waals surface area contributed by atoms with Crippen molar-refractivity contribution >= 4 is 11.6 Å². The Morgan fingerprint density at radius 3 is 3.00 bits per heavy atom. The third kappa shape index (κ3) is 2.82. The molecule has 1 saturated heterocycles. The number of carbonyl (C=O) groups excluding carboxylic acids is 1. The molecule has 1 aromatic carbocycles. The molecule has 98 valence electrons. The Bertz CT molecular complexity index is 561. The van der Waals surface area contributed by atoms with Crippen molar-refractivity contribution < 1.29 is 4.79 Å². The van der Waals surface area contributed by atoms with Gasteiger partial charge in [-0.2, -0.15) is 5.10 Å². The fourth-order valence-corrected chi connectivity index (χ4v) is 2.11. The molecule has 5 nitrogen and oxygen atoms in total. The number of carbonyl (C=O) groups is 1. The molecular weight excluding hydrogens is 240 g/mol. The Labute approximate surface area is 111 Å². The zero-order chi connectivity index (χ0) is 13.1. The molecule has 0 atom stereocenters. The first-order chi connectivity index (χ1) is 9.31. The summed E-state index contributed by atoms with van der Waals surface area (Å²) >= 11 is 0. The highest BCUT2D eigenvalue weighted by molar-refractivity contribution is 5.91. The lowest BCUT2D eigenvalue weighted by Crippen LogP contribution is -2.43. The number of amides is 1. The topological polar surface area (TPSA) is 59.0 Å². The van der Waals surface area contributed by atoms with Gasteiger partial charge in [-0.1, -0.05) is 6.07 Å². The number of rotatable bonds is 4. The molecule has 5 heteroatoms. The normalized spacial score (nSPS) is 14.9. The van der Waals surface area contributed by atoms with E-state index in [1.165, 1.54) is 0 Å². The van der Waals surface area contributed by atoms with E-state index in [1.54, 1.807) is 10.9 Å². The Balaban J connectivity index is 1.67. The summed E-state index contributed by atoms with van der Waals surface area (Å²) in [4.78, 5) is 11.9. The van der Waals surface area contributed by atoms with Gasteiger partial charge in [-0.25, -0.2) is 4.68 Å². The summed E-state index contributed by atoms with van der Waals surface area (Å²) in [6.07, 6.45) is 4.19. The molecule has 0 bridgehead atoms. The highest BCUT2D eigenvalue weighted by atomic mass is 16.1. The molecule has 2 heterocycles. The van der Waals surface area contributed by atoms with Crippen molar-refractivity contribution in [1.82, 2.24) is 15.1 Å². The summed E-state index contributed by atoms with van der Waals surface area (Å²) in [5.74, 6) is 0.554. The molecule has 0 unspecified atom stereocenters. The smallest absolute Gasteiger partial charge is 0.224 e. The van der Waals surface area contributed by atoms with Gasteiger partial charge >= 0.3 is 0 Å². The number of benzene rings is 1. The van der Waals surface area contributed by atoms with Crippen LogP contribution in [0.25, 0.3) is 5.69 Å². The molecule has 1 aliphatic rings. The maximum Gasteiger partial charge on any atom is 0.224 e. The van der Waals surface area contributed by atoms with Crippen LogP contribution in [0.1, 0.15) is 6.42 Å². The lowest BCUT2D eigenvalue weighted by atomic mass is 9.99. The number of nitrogens with zero attached hydrogens (tertiary/aromatic N) is 2. The second-order valence-electron chi connectivity index (χ2n) is 4.78. The molecule has 2 aromatic rings. The minimum Gasteiger partial charge on any atom is -0.326 e. The van der Waals surface area contributed by atoms with Crippen LogP contribution in [0.4, 0.5) is 5.69 Å². The van der Waals surface area contributed by atoms with Gasteiger partial charge in [0.05, 0.1) is 5.69 Å². The second-order valence-corrected chi connectivity index (χ2v) is 4.78. The van der Waals surface area contributed by atoms with Crippen LogP contribution in [-0.4, -0.2) is 28.8 Å². The quantitative estimate of drug-likeness (QED) is 0.869. The van der Waals surface area contributed by atoms with E-state index in [-0.39, 0.29) is 5.91 Å². The van der Waals surface area contributed by atoms with Gasteiger partial charge in [-0.05, 0) is 43.3 Å². The predicted octanol–water partition coefficient (Wildman–Crippen LogP) is 1.42. The van der Waals surface area contributed by atoms with Crippen molar-refractivity contribution in [3.63, 3.8) is 0 Å². The molecule has 19 heavy (non-hydrogen) atoms. The number of nitrogens with one attached hydrogen (secondary N) is 2. The molecule has 0 saturated carbocycles. The van der Waals surface area contributed by atoms with Crippen LogP contribution in [0.3, 0.4) is 0 Å². The van der Waals surface area contributed by atoms with Gasteiger partial charge in [0.15, 0.2) is 0 Å². The third-order valence-corrected chi connectivity index (χ3v) is 3.24. The van der Waals surface area contributed by atoms with Crippen molar-refractivity contribution in [2.75, 3.05) is 18.4 Å². The van der Waals surface area contributed by atoms with E-state index in [0.29, 0.717) is 12.3 Å². The number of aromatic nitrogens is 2. The van der Waals surface area contributed by atoms with Crippen LogP contribution in [0.15, 0.2) is 42.7 Å². The average Bonchev–Trinajstić information content (AvgIpc) is 2.88. The molecular formula is C14H16N4O. The van der Waals surface area contributed by atoms with Crippen LogP contribution in [-0.2, 0) is 4.79 Å². The molecule has 0 spiro atoms. The summed E-state index contributed by atoms with van der Waals surface area (Å²) in [5, 5.41) is 10.3. The monoisotopic (exact) mass is 256 g/mol. The van der Waals surface area contributed by atoms with Crippen molar-refractivity contribution in [3.05, 3.63) is 42.7 Å². The maximum atomic E-state index is 11.9. The van der Waals surface area contributed by atoms with E-state index in [2.05, 4.69) is 15.7 Å². The summed E-state index contributed by atoms with van der Waals surface area (Å²) in [6, 6.07) is 9.55. The van der Waals surface area contributed by atoms with Gasteiger partial charge in [-0.15, -0.1) is 0 Å². The molecule has 2 N–H and O–H groups in total. The summed E-state index contributed by atoms with van der Waals surface area (Å²) in [7, 11) is 0. The molecule has 0 aliphatic carbocycles. The Morgan fingerprint density at radius 1 is 1.42 bits per heavy atom. The molecule has 0 radical (unpaired) electrons. The van der Waals surface area contributed by atoms with Crippen molar-refractivity contribution in [1.29, 1.82) is 0 Å². The van der Waals surface area contributed by atoms with Gasteiger partial charge in [0.2, 0.25) is 5.91 Å². The lowest BCUT2D eigenvalue weighted by molar-refractivity contribution is -0.117. The van der Waals surface area contributed by atoms with Gasteiger partial charge in [0, 0.05) is 24.5 Å². The Kier molecular flexibility index (Phi) is 3.29. The van der Waals surface area contributed by atoms with Gasteiger partial charge in [-0.3, -0.25) is 4.79 Å². The zero-order valence-electron chi connectivity index (χ0n) is 10.5. The Morgan fingerprint density at radius 2 is 2.32 bits per heavy atom. The van der Waals surface area contributed by atoms with Gasteiger partial charge < -0.3 is 10.6 Å². The van der Waals surface area contributed by atoms with Crippen molar-refractivity contribution in [3.8, 4) is 5.69 Å². The molecule has 1 aromatic heterocycles. The first-order valence-electron chi connectivity index (χ1n) is 6.42. The number of anilines is 1. The number of hydrogen-bond acceptors (Lipinski definition) is 3. The third-order valence-electron chi connectivity index (χ3n) is 3.24. The van der Waals surface area contributed by atoms with Crippen LogP contribution < -0.4 is 10.6 Å². The number of hydrogen-bond donors (Lipinski definition) is 2. The average molecular weight is 256 g/mol. The van der Waals surface area contributed by atoms with Crippen LogP contribution in [0, 0.1) is 5.92 Å². The van der Waals surface area contributed by atoms with Crippen LogP contribution in [0.2, 0.25) is 0 Å². The fourth-order valence-electron chi connectivity index (χ4n) is 2.11. The highest BCUT2D eigenvalue weighted by Crippen LogP contribution is 2.15. The molecule has 1 fully saturated rings. The SMILES string of the molecule is O=C(CC1CNC1)Nc1cccc(-n2cccn2)c1. The zero-order valence-corrected chi connectivity index (χ0v) is 10.5. The first-order valence-corrected chi connectivity index (χ1v) is 6.42. The second kappa shape index (κ2) is 5.24. The first kappa shape index (κ1) is 11.9. The molecule has 3 rings (SSSR count). The van der Waals surface area contributed by atoms with E-state index in [9.17, 15) is 4.79 Å². The van der Waals surface area contributed by atoms with Gasteiger partial charge in [0.25, 0.3) is 0 Å². The highest BCUT2D eigenvalue weighted by Gasteiger charge is 2.20. The summed E-state index contributed by atoms with van der Waals surface area (Å²) in [6.45, 7) is 1.89. The Hall–Kier alpha value is -2.14. The van der Waals surface area contributed by atoms with E-state index in [0.717, 1.165) is 24.5 Å². The van der Waals surface area contributed by atoms with Crippen molar-refractivity contribution in [2.45, 2.75) is 6.42 Å². The van der Waals surface area contributed by atoms with Crippen LogP contribution >= 0.6 is 0 Å². The molecule has 1 aliphatic heterocycles. The van der Waals surface area contributed by atoms with E-state index in [4.69, 9.17) is 0 Å². The van der Waals surface area contributed by atoms with E-state index < -0.39 is 0 Å². The fraction of sp³-hybridized carbons (Fsp3) is 0.286. The maximum absolute atomic E-state index is 11.9. The largest absolute Gasteiger partial charge is 0.326 e. The van der Waals surface area contributed by atoms with E-state index in [1.807, 2.05) is 36.5 Å². The summed E-state index contributed by atoms with van der Waals surface area (Å²) < 4.78 is 1.77. The van der Waals surface area contributed by atoms with Gasteiger partial charge in [0.1, 0.15) is 0 Å². The minimum atomic E-state index is 0.0733. The minimum absolute atomic E-state index is 0.0733.